The molecule has 2 unspecified atom stereocenters. The van der Waals surface area contributed by atoms with Gasteiger partial charge in [0.25, 0.3) is 0 Å². The SMILES string of the molecule is CCCCCCCCCCCCCCCCCCCCCCCC(=O)O[C@H](COC(=O)CCCCCCCCCCCCCCC(C)C)COP(=O)(O)OC[C@@H](O)COP(=O)(O)OC[C@@H](COC(=O)CCCCCCCCCC(C)C)OC(=O)CCCCCCCCCCCCCC. The fourth-order valence-corrected chi connectivity index (χ4v) is 13.8. The Hall–Kier alpha value is -1.94. The molecule has 582 valence electrons. The second-order valence-electron chi connectivity index (χ2n) is 29.4. The summed E-state index contributed by atoms with van der Waals surface area (Å²) in [6.07, 6.45) is 59.8. The van der Waals surface area contributed by atoms with E-state index >= 15 is 0 Å². The Morgan fingerprint density at radius 1 is 0.276 bits per heavy atom. The molecule has 0 amide bonds. The lowest BCUT2D eigenvalue weighted by Gasteiger charge is -2.21. The fourth-order valence-electron chi connectivity index (χ4n) is 12.2. The van der Waals surface area contributed by atoms with Crippen LogP contribution < -0.4 is 0 Å². The number of carbonyl (C=O) groups excluding carboxylic acids is 4. The summed E-state index contributed by atoms with van der Waals surface area (Å²) < 4.78 is 68.6. The molecule has 17 nitrogen and oxygen atoms in total. The van der Waals surface area contributed by atoms with Crippen LogP contribution in [-0.2, 0) is 65.4 Å². The number of phosphoric acid groups is 2. The van der Waals surface area contributed by atoms with Crippen LogP contribution in [0.4, 0.5) is 0 Å². The maximum absolute atomic E-state index is 13.1. The van der Waals surface area contributed by atoms with Gasteiger partial charge in [-0.05, 0) is 37.5 Å². The quantitative estimate of drug-likeness (QED) is 0.0222. The van der Waals surface area contributed by atoms with Crippen LogP contribution in [0, 0.1) is 11.8 Å². The smallest absolute Gasteiger partial charge is 0.462 e. The standard InChI is InChI=1S/C79H154O17P2/c1-7-9-11-13-15-17-19-21-22-23-24-25-26-27-28-29-35-39-45-52-58-64-79(84)95-74(67-89-76(81)61-55-49-43-37-34-31-30-32-36-41-47-53-59-71(3)4)69-93-97(85,86)91-65-73(80)66-92-98(87,88)94-70-75(68-90-77(82)62-56-50-46-40-42-48-54-60-72(5)6)96-78(83)63-57-51-44-38-33-20-18-16-14-12-10-8-2/h71-75,80H,7-70H2,1-6H3,(H,85,86)(H,87,88)/t73-,74-,75-/m1/s1. The summed E-state index contributed by atoms with van der Waals surface area (Å²) in [5, 5.41) is 10.6. The van der Waals surface area contributed by atoms with Crippen LogP contribution in [0.2, 0.25) is 0 Å². The normalized spacial score (nSPS) is 13.9. The number of aliphatic hydroxyl groups is 1. The molecule has 0 spiro atoms. The molecule has 0 heterocycles. The zero-order valence-corrected chi connectivity index (χ0v) is 65.9. The van der Waals surface area contributed by atoms with Gasteiger partial charge in [-0.15, -0.1) is 0 Å². The molecule has 0 aromatic heterocycles. The van der Waals surface area contributed by atoms with Gasteiger partial charge in [0.1, 0.15) is 19.3 Å². The topological polar surface area (TPSA) is 237 Å². The first-order chi connectivity index (χ1) is 47.4. The number of unbranched alkanes of at least 4 members (excludes halogenated alkanes) is 48. The maximum Gasteiger partial charge on any atom is 0.472 e. The highest BCUT2D eigenvalue weighted by Gasteiger charge is 2.30. The van der Waals surface area contributed by atoms with E-state index in [-0.39, 0.29) is 25.7 Å². The van der Waals surface area contributed by atoms with Gasteiger partial charge in [0, 0.05) is 25.7 Å². The van der Waals surface area contributed by atoms with Gasteiger partial charge in [-0.3, -0.25) is 37.3 Å². The summed E-state index contributed by atoms with van der Waals surface area (Å²) >= 11 is 0. The summed E-state index contributed by atoms with van der Waals surface area (Å²) in [7, 11) is -9.91. The molecule has 0 saturated heterocycles. The fraction of sp³-hybridized carbons (Fsp3) is 0.949. The maximum atomic E-state index is 13.1. The van der Waals surface area contributed by atoms with Gasteiger partial charge < -0.3 is 33.8 Å². The monoisotopic (exact) mass is 1440 g/mol. The second kappa shape index (κ2) is 70.7. The van der Waals surface area contributed by atoms with Crippen LogP contribution in [0.1, 0.15) is 414 Å². The molecule has 0 fully saturated rings. The predicted molar refractivity (Wildman–Crippen MR) is 400 cm³/mol. The molecule has 98 heavy (non-hydrogen) atoms. The highest BCUT2D eigenvalue weighted by Crippen LogP contribution is 2.45. The van der Waals surface area contributed by atoms with Gasteiger partial charge in [-0.2, -0.15) is 0 Å². The lowest BCUT2D eigenvalue weighted by atomic mass is 10.0. The average molecular weight is 1440 g/mol. The number of rotatable bonds is 78. The molecule has 0 bridgehead atoms. The lowest BCUT2D eigenvalue weighted by Crippen LogP contribution is -2.30. The minimum Gasteiger partial charge on any atom is -0.462 e. The van der Waals surface area contributed by atoms with E-state index in [1.807, 2.05) is 0 Å². The van der Waals surface area contributed by atoms with Crippen LogP contribution in [0.25, 0.3) is 0 Å². The number of hydrogen-bond acceptors (Lipinski definition) is 15. The van der Waals surface area contributed by atoms with E-state index in [0.717, 1.165) is 102 Å². The minimum absolute atomic E-state index is 0.107. The first-order valence-electron chi connectivity index (χ1n) is 41.0. The summed E-state index contributed by atoms with van der Waals surface area (Å²) in [6, 6.07) is 0. The Morgan fingerprint density at radius 2 is 0.469 bits per heavy atom. The van der Waals surface area contributed by atoms with E-state index in [1.165, 1.54) is 225 Å². The molecule has 0 aliphatic rings. The largest absolute Gasteiger partial charge is 0.472 e. The highest BCUT2D eigenvalue weighted by molar-refractivity contribution is 7.47. The van der Waals surface area contributed by atoms with E-state index in [2.05, 4.69) is 41.5 Å². The Balaban J connectivity index is 5.21. The number of ether oxygens (including phenoxy) is 4. The first kappa shape index (κ1) is 96.1. The number of aliphatic hydroxyl groups excluding tert-OH is 1. The third-order valence-corrected chi connectivity index (χ3v) is 20.4. The Bertz CT molecular complexity index is 1890. The molecule has 0 radical (unpaired) electrons. The molecule has 19 heteroatoms. The molecule has 0 rings (SSSR count). The van der Waals surface area contributed by atoms with Crippen LogP contribution in [-0.4, -0.2) is 96.7 Å². The van der Waals surface area contributed by atoms with Crippen molar-refractivity contribution in [3.05, 3.63) is 0 Å². The van der Waals surface area contributed by atoms with Crippen molar-refractivity contribution in [1.29, 1.82) is 0 Å². The lowest BCUT2D eigenvalue weighted by molar-refractivity contribution is -0.161. The van der Waals surface area contributed by atoms with E-state index in [1.54, 1.807) is 0 Å². The van der Waals surface area contributed by atoms with Crippen molar-refractivity contribution < 1.29 is 80.2 Å². The average Bonchev–Trinajstić information content (AvgIpc) is 0.953. The molecule has 0 aromatic rings. The van der Waals surface area contributed by atoms with E-state index < -0.39 is 97.5 Å². The number of esters is 4. The summed E-state index contributed by atoms with van der Waals surface area (Å²) in [5.74, 6) is -0.626. The van der Waals surface area contributed by atoms with Gasteiger partial charge >= 0.3 is 39.5 Å². The third-order valence-electron chi connectivity index (χ3n) is 18.5. The van der Waals surface area contributed by atoms with Gasteiger partial charge in [0.15, 0.2) is 12.2 Å². The van der Waals surface area contributed by atoms with Gasteiger partial charge in [-0.25, -0.2) is 9.13 Å². The number of phosphoric ester groups is 2. The molecule has 5 atom stereocenters. The predicted octanol–water partition coefficient (Wildman–Crippen LogP) is 23.5. The molecular weight excluding hydrogens is 1280 g/mol. The van der Waals surface area contributed by atoms with Gasteiger partial charge in [-0.1, -0.05) is 363 Å². The summed E-state index contributed by atoms with van der Waals surface area (Å²) in [6.45, 7) is 9.57. The Labute approximate surface area is 600 Å². The van der Waals surface area contributed by atoms with Crippen LogP contribution >= 0.6 is 15.6 Å². The Morgan fingerprint density at radius 3 is 0.694 bits per heavy atom. The van der Waals surface area contributed by atoms with Crippen molar-refractivity contribution in [2.45, 2.75) is 432 Å². The molecule has 0 aromatic carbocycles. The number of hydrogen-bond donors (Lipinski definition) is 3. The Kier molecular flexibility index (Phi) is 69.3. The van der Waals surface area contributed by atoms with Crippen LogP contribution in [0.15, 0.2) is 0 Å². The molecular formula is C79H154O17P2. The summed E-state index contributed by atoms with van der Waals surface area (Å²) in [4.78, 5) is 72.9. The summed E-state index contributed by atoms with van der Waals surface area (Å²) in [5.41, 5.74) is 0. The van der Waals surface area contributed by atoms with Crippen LogP contribution in [0.3, 0.4) is 0 Å². The molecule has 0 aliphatic heterocycles. The van der Waals surface area contributed by atoms with Crippen molar-refractivity contribution in [2.24, 2.45) is 11.8 Å². The molecule has 0 saturated carbocycles. The second-order valence-corrected chi connectivity index (χ2v) is 32.3. The number of carbonyl (C=O) groups is 4. The molecule has 3 N–H and O–H groups in total. The van der Waals surface area contributed by atoms with Crippen molar-refractivity contribution in [3.8, 4) is 0 Å². The van der Waals surface area contributed by atoms with Crippen molar-refractivity contribution in [3.63, 3.8) is 0 Å². The van der Waals surface area contributed by atoms with Gasteiger partial charge in [0.05, 0.1) is 26.4 Å². The van der Waals surface area contributed by atoms with Crippen LogP contribution in [0.5, 0.6) is 0 Å². The van der Waals surface area contributed by atoms with Crippen molar-refractivity contribution >= 4 is 39.5 Å². The minimum atomic E-state index is -4.96. The zero-order chi connectivity index (χ0) is 72.1. The van der Waals surface area contributed by atoms with Gasteiger partial charge in [0.2, 0.25) is 0 Å². The van der Waals surface area contributed by atoms with E-state index in [9.17, 15) is 43.2 Å². The van der Waals surface area contributed by atoms with E-state index in [4.69, 9.17) is 37.0 Å². The van der Waals surface area contributed by atoms with Crippen molar-refractivity contribution in [2.75, 3.05) is 39.6 Å². The van der Waals surface area contributed by atoms with Crippen molar-refractivity contribution in [1.82, 2.24) is 0 Å². The molecule has 0 aliphatic carbocycles. The zero-order valence-electron chi connectivity index (χ0n) is 64.1. The third kappa shape index (κ3) is 72.4. The first-order valence-corrected chi connectivity index (χ1v) is 44.0. The highest BCUT2D eigenvalue weighted by atomic mass is 31.2. The van der Waals surface area contributed by atoms with E-state index in [0.29, 0.717) is 31.6 Å².